The molecule has 0 unspecified atom stereocenters. The van der Waals surface area contributed by atoms with E-state index in [4.69, 9.17) is 9.47 Å². The molecule has 0 aliphatic rings. The van der Waals surface area contributed by atoms with E-state index in [0.717, 1.165) is 33.1 Å². The van der Waals surface area contributed by atoms with Crippen molar-refractivity contribution in [3.63, 3.8) is 0 Å². The molecule has 31 heavy (non-hydrogen) atoms. The Morgan fingerprint density at radius 2 is 1.55 bits per heavy atom. The summed E-state index contributed by atoms with van der Waals surface area (Å²) in [6.07, 6.45) is 0.239. The number of hydrogen-bond donors (Lipinski definition) is 1. The van der Waals surface area contributed by atoms with Gasteiger partial charge in [0.05, 0.1) is 6.54 Å². The van der Waals surface area contributed by atoms with Crippen LogP contribution in [0.1, 0.15) is 58.2 Å². The van der Waals surface area contributed by atoms with Crippen LogP contribution in [0.15, 0.2) is 36.5 Å². The third-order valence-electron chi connectivity index (χ3n) is 4.18. The van der Waals surface area contributed by atoms with Crippen LogP contribution >= 0.6 is 0 Å². The summed E-state index contributed by atoms with van der Waals surface area (Å²) in [7, 11) is 0. The van der Waals surface area contributed by atoms with E-state index in [-0.39, 0.29) is 6.54 Å². The van der Waals surface area contributed by atoms with Gasteiger partial charge in [0.2, 0.25) is 0 Å². The highest BCUT2D eigenvalue weighted by molar-refractivity contribution is 5.88. The Bertz CT molecular complexity index is 915. The number of rotatable bonds is 4. The summed E-state index contributed by atoms with van der Waals surface area (Å²) in [6.45, 7) is 14.5. The van der Waals surface area contributed by atoms with Crippen molar-refractivity contribution in [2.24, 2.45) is 0 Å². The highest BCUT2D eigenvalue weighted by Crippen LogP contribution is 2.25. The second-order valence-electron chi connectivity index (χ2n) is 9.48. The van der Waals surface area contributed by atoms with E-state index < -0.39 is 23.4 Å². The van der Waals surface area contributed by atoms with E-state index in [2.05, 4.69) is 10.3 Å². The molecule has 1 N–H and O–H groups in total. The summed E-state index contributed by atoms with van der Waals surface area (Å²) in [6, 6.07) is 9.52. The maximum atomic E-state index is 12.8. The number of carbonyl (C=O) groups excluding carboxylic acids is 2. The van der Waals surface area contributed by atoms with Gasteiger partial charge in [0.15, 0.2) is 0 Å². The Kier molecular flexibility index (Phi) is 7.31. The normalized spacial score (nSPS) is 11.6. The summed E-state index contributed by atoms with van der Waals surface area (Å²) in [5.41, 5.74) is 2.12. The van der Waals surface area contributed by atoms with Gasteiger partial charge in [0.1, 0.15) is 17.0 Å². The van der Waals surface area contributed by atoms with Crippen molar-refractivity contribution in [3.8, 4) is 0 Å². The Balaban J connectivity index is 2.32. The first-order valence-electron chi connectivity index (χ1n) is 10.3. The number of benzene rings is 1. The zero-order valence-electron chi connectivity index (χ0n) is 19.7. The van der Waals surface area contributed by atoms with Gasteiger partial charge in [-0.25, -0.2) is 19.5 Å². The van der Waals surface area contributed by atoms with Gasteiger partial charge >= 0.3 is 12.2 Å². The van der Waals surface area contributed by atoms with Crippen molar-refractivity contribution in [3.05, 3.63) is 53.2 Å². The highest BCUT2D eigenvalue weighted by Gasteiger charge is 2.31. The van der Waals surface area contributed by atoms with Crippen LogP contribution in [-0.2, 0) is 16.0 Å². The van der Waals surface area contributed by atoms with Gasteiger partial charge in [-0.15, -0.1) is 0 Å². The number of imide groups is 1. The van der Waals surface area contributed by atoms with Crippen molar-refractivity contribution in [2.45, 2.75) is 73.1 Å². The molecule has 1 aromatic heterocycles. The fourth-order valence-electron chi connectivity index (χ4n) is 2.74. The molecule has 0 saturated heterocycles. The molecule has 0 aliphatic carbocycles. The maximum Gasteiger partial charge on any atom is 0.420 e. The van der Waals surface area contributed by atoms with Crippen LogP contribution in [0.4, 0.5) is 21.1 Å². The number of nitrogens with zero attached hydrogens (tertiary/aromatic N) is 2. The molecular weight excluding hydrogens is 394 g/mol. The predicted molar refractivity (Wildman–Crippen MR) is 121 cm³/mol. The van der Waals surface area contributed by atoms with Gasteiger partial charge in [0.25, 0.3) is 0 Å². The maximum absolute atomic E-state index is 12.8. The topological polar surface area (TPSA) is 80.8 Å². The second kappa shape index (κ2) is 9.37. The summed E-state index contributed by atoms with van der Waals surface area (Å²) < 4.78 is 10.9. The monoisotopic (exact) mass is 427 g/mol. The van der Waals surface area contributed by atoms with E-state index in [1.54, 1.807) is 47.7 Å². The minimum absolute atomic E-state index is 0.0203. The van der Waals surface area contributed by atoms with Gasteiger partial charge in [-0.2, -0.15) is 0 Å². The average Bonchev–Trinajstić information content (AvgIpc) is 2.59. The van der Waals surface area contributed by atoms with Crippen molar-refractivity contribution < 1.29 is 19.1 Å². The lowest BCUT2D eigenvalue weighted by molar-refractivity contribution is -0.000266. The molecule has 0 aliphatic heterocycles. The molecule has 0 spiro atoms. The first-order chi connectivity index (χ1) is 14.2. The van der Waals surface area contributed by atoms with E-state index >= 15 is 0 Å². The van der Waals surface area contributed by atoms with E-state index in [1.807, 2.05) is 44.2 Å². The van der Waals surface area contributed by atoms with E-state index in [0.29, 0.717) is 0 Å². The first kappa shape index (κ1) is 24.2. The fourth-order valence-corrected chi connectivity index (χ4v) is 2.74. The van der Waals surface area contributed by atoms with E-state index in [1.165, 1.54) is 0 Å². The molecule has 1 aromatic carbocycles. The number of amides is 2. The smallest absolute Gasteiger partial charge is 0.420 e. The molecular formula is C24H33N3O4. The largest absolute Gasteiger partial charge is 0.443 e. The Labute approximate surface area is 184 Å². The molecule has 0 fully saturated rings. The van der Waals surface area contributed by atoms with Crippen molar-refractivity contribution >= 4 is 23.7 Å². The molecule has 0 radical (unpaired) electrons. The van der Waals surface area contributed by atoms with Crippen LogP contribution in [0.25, 0.3) is 0 Å². The zero-order chi connectivity index (χ0) is 23.4. The molecule has 2 rings (SSSR count). The highest BCUT2D eigenvalue weighted by atomic mass is 16.6. The number of aromatic nitrogens is 1. The summed E-state index contributed by atoms with van der Waals surface area (Å²) in [4.78, 5) is 30.9. The van der Waals surface area contributed by atoms with Gasteiger partial charge in [-0.3, -0.25) is 0 Å². The Morgan fingerprint density at radius 3 is 2.06 bits per heavy atom. The van der Waals surface area contributed by atoms with Crippen LogP contribution in [0.3, 0.4) is 0 Å². The minimum Gasteiger partial charge on any atom is -0.443 e. The fraction of sp³-hybridized carbons (Fsp3) is 0.458. The SMILES string of the molecule is Cc1ccnc(Nc2cccc(CN(C(=O)OC(C)(C)C)C(=O)OC(C)(C)C)c2C)c1. The second-order valence-corrected chi connectivity index (χ2v) is 9.48. The van der Waals surface area contributed by atoms with Crippen molar-refractivity contribution in [1.29, 1.82) is 0 Å². The Hall–Kier alpha value is -3.09. The lowest BCUT2D eigenvalue weighted by Crippen LogP contribution is -2.43. The number of nitrogens with one attached hydrogen (secondary N) is 1. The molecule has 0 atom stereocenters. The Morgan fingerprint density at radius 1 is 0.968 bits per heavy atom. The lowest BCUT2D eigenvalue weighted by atomic mass is 10.1. The minimum atomic E-state index is -0.750. The number of anilines is 2. The summed E-state index contributed by atoms with van der Waals surface area (Å²) in [5.74, 6) is 0.719. The number of carbonyl (C=O) groups is 2. The van der Waals surface area contributed by atoms with Crippen LogP contribution < -0.4 is 5.32 Å². The first-order valence-corrected chi connectivity index (χ1v) is 10.3. The average molecular weight is 428 g/mol. The molecule has 2 amide bonds. The van der Waals surface area contributed by atoms with Gasteiger partial charge in [-0.1, -0.05) is 12.1 Å². The van der Waals surface area contributed by atoms with Crippen LogP contribution in [0, 0.1) is 13.8 Å². The number of ether oxygens (including phenoxy) is 2. The van der Waals surface area contributed by atoms with Gasteiger partial charge in [0, 0.05) is 11.9 Å². The summed E-state index contributed by atoms with van der Waals surface area (Å²) in [5, 5.41) is 3.30. The summed E-state index contributed by atoms with van der Waals surface area (Å²) >= 11 is 0. The van der Waals surface area contributed by atoms with Gasteiger partial charge in [-0.05, 0) is 90.3 Å². The predicted octanol–water partition coefficient (Wildman–Crippen LogP) is 6.11. The van der Waals surface area contributed by atoms with Crippen molar-refractivity contribution in [2.75, 3.05) is 5.32 Å². The third kappa shape index (κ3) is 7.59. The molecule has 7 heteroatoms. The lowest BCUT2D eigenvalue weighted by Gasteiger charge is -2.29. The quantitative estimate of drug-likeness (QED) is 0.634. The van der Waals surface area contributed by atoms with E-state index in [9.17, 15) is 9.59 Å². The standard InChI is InChI=1S/C24H33N3O4/c1-16-12-13-25-20(14-16)26-19-11-9-10-18(17(19)2)15-27(21(28)30-23(3,4)5)22(29)31-24(6,7)8/h9-14H,15H2,1-8H3,(H,25,26). The van der Waals surface area contributed by atoms with Crippen LogP contribution in [0.2, 0.25) is 0 Å². The number of hydrogen-bond acceptors (Lipinski definition) is 6. The van der Waals surface area contributed by atoms with Gasteiger partial charge < -0.3 is 14.8 Å². The number of aryl methyl sites for hydroxylation is 1. The third-order valence-corrected chi connectivity index (χ3v) is 4.18. The zero-order valence-corrected chi connectivity index (χ0v) is 19.7. The van der Waals surface area contributed by atoms with Crippen LogP contribution in [0.5, 0.6) is 0 Å². The molecule has 168 valence electrons. The van der Waals surface area contributed by atoms with Crippen molar-refractivity contribution in [1.82, 2.24) is 9.88 Å². The van der Waals surface area contributed by atoms with Crippen LogP contribution in [-0.4, -0.2) is 33.3 Å². The molecule has 7 nitrogen and oxygen atoms in total. The molecule has 0 bridgehead atoms. The number of pyridine rings is 1. The molecule has 1 heterocycles. The molecule has 2 aromatic rings. The molecule has 0 saturated carbocycles.